The van der Waals surface area contributed by atoms with Gasteiger partial charge in [0.15, 0.2) is 0 Å². The van der Waals surface area contributed by atoms with Gasteiger partial charge in [0.2, 0.25) is 5.91 Å². The Hall–Kier alpha value is -1.81. The number of fused-ring (bicyclic) bond motifs is 1. The number of aromatic nitrogens is 1. The van der Waals surface area contributed by atoms with Crippen LogP contribution in [0.15, 0.2) is 30.5 Å². The fourth-order valence-electron chi connectivity index (χ4n) is 2.48. The zero-order valence-electron chi connectivity index (χ0n) is 10.1. The molecular formula is C14H17N3O. The monoisotopic (exact) mass is 243 g/mol. The Morgan fingerprint density at radius 1 is 1.39 bits per heavy atom. The van der Waals surface area contributed by atoms with E-state index in [9.17, 15) is 4.79 Å². The molecule has 1 aromatic carbocycles. The molecule has 0 spiro atoms. The van der Waals surface area contributed by atoms with Gasteiger partial charge in [0, 0.05) is 35.6 Å². The summed E-state index contributed by atoms with van der Waals surface area (Å²) in [5, 5.41) is 4.15. The molecule has 3 rings (SSSR count). The molecule has 4 heteroatoms. The largest absolute Gasteiger partial charge is 0.361 e. The van der Waals surface area contributed by atoms with Gasteiger partial charge in [-0.2, -0.15) is 0 Å². The maximum absolute atomic E-state index is 11.8. The molecule has 1 fully saturated rings. The van der Waals surface area contributed by atoms with E-state index in [2.05, 4.69) is 16.4 Å². The van der Waals surface area contributed by atoms with E-state index in [-0.39, 0.29) is 17.9 Å². The first kappa shape index (κ1) is 11.3. The maximum Gasteiger partial charge on any atom is 0.223 e. The Labute approximate surface area is 106 Å². The number of rotatable bonds is 3. The summed E-state index contributed by atoms with van der Waals surface area (Å²) in [7, 11) is 0. The molecule has 0 bridgehead atoms. The minimum absolute atomic E-state index is 0.116. The molecule has 0 unspecified atom stereocenters. The number of amides is 1. The zero-order chi connectivity index (χ0) is 12.5. The third-order valence-electron chi connectivity index (χ3n) is 3.67. The fourth-order valence-corrected chi connectivity index (χ4v) is 2.48. The Kier molecular flexibility index (Phi) is 2.80. The van der Waals surface area contributed by atoms with Gasteiger partial charge in [-0.3, -0.25) is 4.79 Å². The Bertz CT molecular complexity index is 569. The third kappa shape index (κ3) is 1.99. The van der Waals surface area contributed by atoms with Crippen molar-refractivity contribution < 1.29 is 4.79 Å². The minimum atomic E-state index is 0.116. The van der Waals surface area contributed by atoms with E-state index in [0.717, 1.165) is 23.9 Å². The van der Waals surface area contributed by atoms with Gasteiger partial charge >= 0.3 is 0 Å². The van der Waals surface area contributed by atoms with Crippen molar-refractivity contribution in [2.75, 3.05) is 0 Å². The highest BCUT2D eigenvalue weighted by Gasteiger charge is 2.31. The van der Waals surface area contributed by atoms with Gasteiger partial charge in [0.25, 0.3) is 0 Å². The van der Waals surface area contributed by atoms with Crippen LogP contribution in [0, 0.1) is 5.92 Å². The quantitative estimate of drug-likeness (QED) is 0.765. The van der Waals surface area contributed by atoms with Crippen molar-refractivity contribution in [3.63, 3.8) is 0 Å². The Balaban J connectivity index is 1.64. The molecule has 0 radical (unpaired) electrons. The van der Waals surface area contributed by atoms with Crippen molar-refractivity contribution in [1.82, 2.24) is 10.3 Å². The summed E-state index contributed by atoms with van der Waals surface area (Å²) in [5.74, 6) is 0.243. The van der Waals surface area contributed by atoms with E-state index in [1.165, 1.54) is 5.39 Å². The summed E-state index contributed by atoms with van der Waals surface area (Å²) in [6.07, 6.45) is 3.59. The average molecular weight is 243 g/mol. The second kappa shape index (κ2) is 4.46. The number of benzene rings is 1. The number of carbonyl (C=O) groups is 1. The van der Waals surface area contributed by atoms with E-state index < -0.39 is 0 Å². The maximum atomic E-state index is 11.8. The highest BCUT2D eigenvalue weighted by Crippen LogP contribution is 2.25. The van der Waals surface area contributed by atoms with Gasteiger partial charge < -0.3 is 16.0 Å². The average Bonchev–Trinajstić information content (AvgIpc) is 2.75. The molecular weight excluding hydrogens is 226 g/mol. The SMILES string of the molecule is NC1CC(C(=O)NCc2c[nH]c3ccccc23)C1. The first-order valence-corrected chi connectivity index (χ1v) is 6.32. The highest BCUT2D eigenvalue weighted by atomic mass is 16.1. The molecule has 0 atom stereocenters. The van der Waals surface area contributed by atoms with Gasteiger partial charge in [-0.25, -0.2) is 0 Å². The van der Waals surface area contributed by atoms with Crippen LogP contribution in [0.2, 0.25) is 0 Å². The number of nitrogens with two attached hydrogens (primary N) is 1. The van der Waals surface area contributed by atoms with E-state index in [0.29, 0.717) is 6.54 Å². The van der Waals surface area contributed by atoms with E-state index in [1.54, 1.807) is 0 Å². The van der Waals surface area contributed by atoms with Gasteiger partial charge in [0.1, 0.15) is 0 Å². The van der Waals surface area contributed by atoms with Crippen molar-refractivity contribution >= 4 is 16.8 Å². The molecule has 1 aromatic heterocycles. The van der Waals surface area contributed by atoms with Crippen LogP contribution in [-0.2, 0) is 11.3 Å². The molecule has 1 aliphatic rings. The van der Waals surface area contributed by atoms with Crippen LogP contribution in [0.25, 0.3) is 10.9 Å². The van der Waals surface area contributed by atoms with Gasteiger partial charge in [-0.05, 0) is 24.5 Å². The Morgan fingerprint density at radius 3 is 2.94 bits per heavy atom. The minimum Gasteiger partial charge on any atom is -0.361 e. The number of nitrogens with one attached hydrogen (secondary N) is 2. The Morgan fingerprint density at radius 2 is 2.17 bits per heavy atom. The lowest BCUT2D eigenvalue weighted by Gasteiger charge is -2.31. The second-order valence-corrected chi connectivity index (χ2v) is 5.01. The molecule has 0 saturated heterocycles. The highest BCUT2D eigenvalue weighted by molar-refractivity contribution is 5.84. The lowest BCUT2D eigenvalue weighted by atomic mass is 9.80. The number of aromatic amines is 1. The van der Waals surface area contributed by atoms with Crippen LogP contribution in [0.4, 0.5) is 0 Å². The summed E-state index contributed by atoms with van der Waals surface area (Å²) in [5.41, 5.74) is 7.92. The fraction of sp³-hybridized carbons (Fsp3) is 0.357. The number of para-hydroxylation sites is 1. The number of hydrogen-bond acceptors (Lipinski definition) is 2. The molecule has 1 heterocycles. The van der Waals surface area contributed by atoms with E-state index >= 15 is 0 Å². The standard InChI is InChI=1S/C14H17N3O/c15-11-5-9(6-11)14(18)17-8-10-7-16-13-4-2-1-3-12(10)13/h1-4,7,9,11,16H,5-6,8,15H2,(H,17,18). The molecule has 94 valence electrons. The van der Waals surface area contributed by atoms with Crippen LogP contribution >= 0.6 is 0 Å². The predicted molar refractivity (Wildman–Crippen MR) is 70.8 cm³/mol. The lowest BCUT2D eigenvalue weighted by molar-refractivity contribution is -0.128. The summed E-state index contributed by atoms with van der Waals surface area (Å²) >= 11 is 0. The number of carbonyl (C=O) groups excluding carboxylic acids is 1. The van der Waals surface area contributed by atoms with Gasteiger partial charge in [-0.1, -0.05) is 18.2 Å². The first-order valence-electron chi connectivity index (χ1n) is 6.32. The summed E-state index contributed by atoms with van der Waals surface area (Å²) < 4.78 is 0. The smallest absolute Gasteiger partial charge is 0.223 e. The van der Waals surface area contributed by atoms with Crippen molar-refractivity contribution in [2.45, 2.75) is 25.4 Å². The van der Waals surface area contributed by atoms with Crippen molar-refractivity contribution in [3.8, 4) is 0 Å². The second-order valence-electron chi connectivity index (χ2n) is 5.01. The summed E-state index contributed by atoms with van der Waals surface area (Å²) in [6.45, 7) is 0.578. The van der Waals surface area contributed by atoms with Gasteiger partial charge in [-0.15, -0.1) is 0 Å². The molecule has 4 N–H and O–H groups in total. The lowest BCUT2D eigenvalue weighted by Crippen LogP contribution is -2.44. The molecule has 0 aliphatic heterocycles. The van der Waals surface area contributed by atoms with Crippen LogP contribution in [-0.4, -0.2) is 16.9 Å². The van der Waals surface area contributed by atoms with Crippen LogP contribution < -0.4 is 11.1 Å². The topological polar surface area (TPSA) is 70.9 Å². The van der Waals surface area contributed by atoms with Gasteiger partial charge in [0.05, 0.1) is 0 Å². The predicted octanol–water partition coefficient (Wildman–Crippen LogP) is 1.52. The normalized spacial score (nSPS) is 22.7. The summed E-state index contributed by atoms with van der Waals surface area (Å²) in [4.78, 5) is 15.0. The molecule has 1 saturated carbocycles. The van der Waals surface area contributed by atoms with E-state index in [4.69, 9.17) is 5.73 Å². The number of hydrogen-bond donors (Lipinski definition) is 3. The van der Waals surface area contributed by atoms with Crippen molar-refractivity contribution in [1.29, 1.82) is 0 Å². The van der Waals surface area contributed by atoms with E-state index in [1.807, 2.05) is 24.4 Å². The van der Waals surface area contributed by atoms with Crippen LogP contribution in [0.1, 0.15) is 18.4 Å². The first-order chi connectivity index (χ1) is 8.74. The van der Waals surface area contributed by atoms with Crippen molar-refractivity contribution in [2.24, 2.45) is 11.7 Å². The third-order valence-corrected chi connectivity index (χ3v) is 3.67. The molecule has 2 aromatic rings. The number of H-pyrrole nitrogens is 1. The van der Waals surface area contributed by atoms with Crippen LogP contribution in [0.3, 0.4) is 0 Å². The molecule has 4 nitrogen and oxygen atoms in total. The molecule has 18 heavy (non-hydrogen) atoms. The molecule has 1 aliphatic carbocycles. The summed E-state index contributed by atoms with van der Waals surface area (Å²) in [6, 6.07) is 8.32. The van der Waals surface area contributed by atoms with Crippen LogP contribution in [0.5, 0.6) is 0 Å². The van der Waals surface area contributed by atoms with Crippen molar-refractivity contribution in [3.05, 3.63) is 36.0 Å². The zero-order valence-corrected chi connectivity index (χ0v) is 10.1. The molecule has 1 amide bonds.